The molecule has 0 bridgehead atoms. The maximum absolute atomic E-state index is 12.9. The smallest absolute Gasteiger partial charge is 0.339 e. The average molecular weight is 406 g/mol. The number of hydrogen-bond acceptors (Lipinski definition) is 6. The molecule has 2 heterocycles. The number of allylic oxidation sites excluding steroid dienone is 1. The highest BCUT2D eigenvalue weighted by Gasteiger charge is 2.38. The minimum absolute atomic E-state index is 0.226. The lowest BCUT2D eigenvalue weighted by atomic mass is 10.0. The fourth-order valence-electron chi connectivity index (χ4n) is 3.61. The zero-order chi connectivity index (χ0) is 21.4. The molecular formula is C21H18N4O5. The lowest BCUT2D eigenvalue weighted by Gasteiger charge is -2.30. The Morgan fingerprint density at radius 3 is 2.73 bits per heavy atom. The number of nitrogens with one attached hydrogen (secondary N) is 1. The third-order valence-corrected chi connectivity index (χ3v) is 5.15. The van der Waals surface area contributed by atoms with Gasteiger partial charge in [-0.1, -0.05) is 12.6 Å². The molecule has 4 rings (SSSR count). The number of phenols is 1. The number of carboxylic acid groups (broad SMARTS) is 1. The fourth-order valence-corrected chi connectivity index (χ4v) is 3.61. The van der Waals surface area contributed by atoms with Gasteiger partial charge in [-0.3, -0.25) is 9.59 Å². The normalized spacial score (nSPS) is 18.6. The molecular weight excluding hydrogens is 388 g/mol. The predicted molar refractivity (Wildman–Crippen MR) is 106 cm³/mol. The van der Waals surface area contributed by atoms with E-state index in [1.807, 2.05) is 0 Å². The molecule has 3 N–H and O–H groups in total. The third-order valence-electron chi connectivity index (χ3n) is 5.15. The molecule has 9 nitrogen and oxygen atoms in total. The number of benzene rings is 2. The summed E-state index contributed by atoms with van der Waals surface area (Å²) in [6, 6.07) is 8.35. The van der Waals surface area contributed by atoms with Crippen LogP contribution >= 0.6 is 0 Å². The molecule has 0 radical (unpaired) electrons. The fraction of sp³-hybridized carbons (Fsp3) is 0.190. The van der Waals surface area contributed by atoms with Crippen LogP contribution in [0.2, 0.25) is 0 Å². The zero-order valence-electron chi connectivity index (χ0n) is 15.8. The van der Waals surface area contributed by atoms with Crippen molar-refractivity contribution in [2.45, 2.75) is 25.4 Å². The van der Waals surface area contributed by atoms with Gasteiger partial charge in [-0.2, -0.15) is 10.2 Å². The Labute approximate surface area is 171 Å². The number of carbonyl (C=O) groups is 3. The van der Waals surface area contributed by atoms with Crippen molar-refractivity contribution in [2.75, 3.05) is 0 Å². The molecule has 0 saturated carbocycles. The number of fused-ring (bicyclic) bond motifs is 1. The van der Waals surface area contributed by atoms with Gasteiger partial charge < -0.3 is 20.4 Å². The minimum Gasteiger partial charge on any atom is -0.507 e. The summed E-state index contributed by atoms with van der Waals surface area (Å²) in [7, 11) is 0. The van der Waals surface area contributed by atoms with Crippen LogP contribution in [0.15, 0.2) is 58.9 Å². The number of aromatic carboxylic acids is 1. The molecule has 0 aliphatic carbocycles. The lowest BCUT2D eigenvalue weighted by molar-refractivity contribution is -0.126. The number of rotatable bonds is 4. The highest BCUT2D eigenvalue weighted by atomic mass is 16.4. The lowest BCUT2D eigenvalue weighted by Crippen LogP contribution is -2.49. The van der Waals surface area contributed by atoms with Gasteiger partial charge in [-0.25, -0.2) is 4.79 Å². The van der Waals surface area contributed by atoms with Crippen molar-refractivity contribution in [1.82, 2.24) is 10.2 Å². The van der Waals surface area contributed by atoms with Crippen LogP contribution in [0.3, 0.4) is 0 Å². The molecule has 9 heteroatoms. The number of piperidine rings is 1. The quantitative estimate of drug-likeness (QED) is 0.671. The van der Waals surface area contributed by atoms with E-state index < -0.39 is 12.0 Å². The molecule has 2 aliphatic heterocycles. The molecule has 1 unspecified atom stereocenters. The van der Waals surface area contributed by atoms with Crippen LogP contribution in [0.5, 0.6) is 5.75 Å². The molecule has 1 fully saturated rings. The van der Waals surface area contributed by atoms with Gasteiger partial charge >= 0.3 is 5.97 Å². The van der Waals surface area contributed by atoms with Crippen molar-refractivity contribution >= 4 is 29.2 Å². The molecule has 2 aromatic carbocycles. The molecule has 2 aliphatic rings. The van der Waals surface area contributed by atoms with Crippen LogP contribution in [0.4, 0.5) is 11.4 Å². The first kappa shape index (κ1) is 19.3. The van der Waals surface area contributed by atoms with Crippen LogP contribution in [-0.2, 0) is 11.3 Å². The Balaban J connectivity index is 1.61. The molecule has 1 saturated heterocycles. The third kappa shape index (κ3) is 3.41. The number of nitrogens with zero attached hydrogens (tertiary/aromatic N) is 3. The summed E-state index contributed by atoms with van der Waals surface area (Å²) < 4.78 is 0. The summed E-state index contributed by atoms with van der Waals surface area (Å²) in [6.07, 6.45) is 1.11. The van der Waals surface area contributed by atoms with Gasteiger partial charge in [0.15, 0.2) is 0 Å². The Hall–Kier alpha value is -4.01. The number of amides is 2. The SMILES string of the molecule is C=C1CCC(N2Cc3c(N=Nc4ccc(O)c(C(=O)O)c4)cccc3C2=O)C(=O)N1. The minimum atomic E-state index is -1.28. The molecule has 152 valence electrons. The van der Waals surface area contributed by atoms with Crippen molar-refractivity contribution in [1.29, 1.82) is 0 Å². The maximum atomic E-state index is 12.9. The number of hydrogen-bond donors (Lipinski definition) is 3. The van der Waals surface area contributed by atoms with Gasteiger partial charge in [0.2, 0.25) is 5.91 Å². The number of azo groups is 1. The number of carboxylic acids is 1. The van der Waals surface area contributed by atoms with E-state index in [1.165, 1.54) is 23.1 Å². The summed E-state index contributed by atoms with van der Waals surface area (Å²) in [5.41, 5.74) is 2.17. The van der Waals surface area contributed by atoms with E-state index in [2.05, 4.69) is 22.1 Å². The van der Waals surface area contributed by atoms with Crippen LogP contribution in [0, 0.1) is 0 Å². The number of aromatic hydroxyl groups is 1. The van der Waals surface area contributed by atoms with Gasteiger partial charge in [0.05, 0.1) is 11.4 Å². The monoisotopic (exact) mass is 406 g/mol. The first-order chi connectivity index (χ1) is 14.3. The standard InChI is InChI=1S/C21H18N4O5/c1-11-5-7-17(19(27)22-11)25-10-15-13(20(25)28)3-2-4-16(15)24-23-12-6-8-18(26)14(9-12)21(29)30/h2-4,6,8-9,17,26H,1,5,7,10H2,(H,22,27)(H,29,30). The largest absolute Gasteiger partial charge is 0.507 e. The van der Waals surface area contributed by atoms with Crippen molar-refractivity contribution in [3.05, 3.63) is 65.4 Å². The van der Waals surface area contributed by atoms with E-state index in [0.717, 1.165) is 0 Å². The highest BCUT2D eigenvalue weighted by Crippen LogP contribution is 2.35. The van der Waals surface area contributed by atoms with E-state index in [-0.39, 0.29) is 35.4 Å². The Morgan fingerprint density at radius 2 is 2.00 bits per heavy atom. The van der Waals surface area contributed by atoms with Gasteiger partial charge in [-0.05, 0) is 43.2 Å². The van der Waals surface area contributed by atoms with E-state index >= 15 is 0 Å². The second kappa shape index (κ2) is 7.43. The Kier molecular flexibility index (Phi) is 4.78. The van der Waals surface area contributed by atoms with Gasteiger partial charge in [0.25, 0.3) is 5.91 Å². The van der Waals surface area contributed by atoms with Crippen molar-refractivity contribution in [3.63, 3.8) is 0 Å². The molecule has 2 aromatic rings. The van der Waals surface area contributed by atoms with E-state index in [9.17, 15) is 19.5 Å². The van der Waals surface area contributed by atoms with E-state index in [1.54, 1.807) is 18.2 Å². The van der Waals surface area contributed by atoms with Crippen molar-refractivity contribution in [2.24, 2.45) is 10.2 Å². The first-order valence-corrected chi connectivity index (χ1v) is 9.24. The molecule has 0 spiro atoms. The predicted octanol–water partition coefficient (Wildman–Crippen LogP) is 3.25. The Morgan fingerprint density at radius 1 is 1.20 bits per heavy atom. The van der Waals surface area contributed by atoms with Gasteiger partial charge in [0, 0.05) is 23.4 Å². The Bertz CT molecular complexity index is 1120. The van der Waals surface area contributed by atoms with Crippen LogP contribution in [-0.4, -0.2) is 38.9 Å². The first-order valence-electron chi connectivity index (χ1n) is 9.24. The summed E-state index contributed by atoms with van der Waals surface area (Å²) in [6.45, 7) is 3.98. The topological polar surface area (TPSA) is 132 Å². The summed E-state index contributed by atoms with van der Waals surface area (Å²) in [5, 5.41) is 29.6. The molecule has 30 heavy (non-hydrogen) atoms. The van der Waals surface area contributed by atoms with Crippen LogP contribution in [0.25, 0.3) is 0 Å². The second-order valence-corrected chi connectivity index (χ2v) is 7.09. The van der Waals surface area contributed by atoms with Gasteiger partial charge in [-0.15, -0.1) is 0 Å². The van der Waals surface area contributed by atoms with E-state index in [0.29, 0.717) is 35.4 Å². The van der Waals surface area contributed by atoms with Crippen LogP contribution < -0.4 is 5.32 Å². The number of carbonyl (C=O) groups excluding carboxylic acids is 2. The molecule has 0 aromatic heterocycles. The van der Waals surface area contributed by atoms with E-state index in [4.69, 9.17) is 5.11 Å². The van der Waals surface area contributed by atoms with Crippen molar-refractivity contribution in [3.8, 4) is 5.75 Å². The zero-order valence-corrected chi connectivity index (χ0v) is 15.8. The maximum Gasteiger partial charge on any atom is 0.339 e. The van der Waals surface area contributed by atoms with Gasteiger partial charge in [0.1, 0.15) is 17.4 Å². The summed E-state index contributed by atoms with van der Waals surface area (Å²) >= 11 is 0. The van der Waals surface area contributed by atoms with Crippen molar-refractivity contribution < 1.29 is 24.6 Å². The highest BCUT2D eigenvalue weighted by molar-refractivity contribution is 6.02. The summed E-state index contributed by atoms with van der Waals surface area (Å²) in [4.78, 5) is 37.9. The molecule has 2 amide bonds. The average Bonchev–Trinajstić information content (AvgIpc) is 3.04. The molecule has 1 atom stereocenters. The van der Waals surface area contributed by atoms with Crippen LogP contribution in [0.1, 0.15) is 39.1 Å². The summed E-state index contributed by atoms with van der Waals surface area (Å²) in [5.74, 6) is -2.13. The second-order valence-electron chi connectivity index (χ2n) is 7.09.